The van der Waals surface area contributed by atoms with Crippen LogP contribution in [-0.2, 0) is 0 Å². The zero-order valence-corrected chi connectivity index (χ0v) is 19.9. The number of benzene rings is 2. The third kappa shape index (κ3) is 7.64. The molecule has 0 spiro atoms. The number of anilines is 2. The van der Waals surface area contributed by atoms with E-state index in [1.165, 1.54) is 12.1 Å². The summed E-state index contributed by atoms with van der Waals surface area (Å²) in [6.07, 6.45) is 0.151. The Bertz CT molecular complexity index is 790. The number of aliphatic imine (C=N–C) groups is 1. The molecule has 1 heterocycles. The average Bonchev–Trinajstić information content (AvgIpc) is 2.70. The summed E-state index contributed by atoms with van der Waals surface area (Å²) in [7, 11) is 0. The molecule has 1 saturated heterocycles. The van der Waals surface area contributed by atoms with Crippen molar-refractivity contribution in [2.24, 2.45) is 10.7 Å². The summed E-state index contributed by atoms with van der Waals surface area (Å²) in [5, 5.41) is 3.11. The number of nitrogens with one attached hydrogen (secondary N) is 1. The van der Waals surface area contributed by atoms with Crippen LogP contribution in [0.15, 0.2) is 53.5 Å². The highest BCUT2D eigenvalue weighted by Crippen LogP contribution is 2.17. The fourth-order valence-corrected chi connectivity index (χ4v) is 3.27. The lowest BCUT2D eigenvalue weighted by Crippen LogP contribution is -2.47. The van der Waals surface area contributed by atoms with Crippen molar-refractivity contribution in [3.8, 4) is 5.75 Å². The molecule has 0 saturated carbocycles. The van der Waals surface area contributed by atoms with E-state index in [1.54, 1.807) is 0 Å². The standard InChI is InChI=1S/C22H30FN5O.HI/c1-17(2)29-21-9-5-19(6-10-21)26-22(24)25-11-12-27-13-15-28(16-14-27)20-7-3-18(23)4-8-20;/h3-10,17H,11-16H2,1-2H3,(H3,24,25,26);1H. The number of hydrogen-bond acceptors (Lipinski definition) is 4. The lowest BCUT2D eigenvalue weighted by Gasteiger charge is -2.35. The van der Waals surface area contributed by atoms with Gasteiger partial charge in [0, 0.05) is 44.1 Å². The SMILES string of the molecule is CC(C)Oc1ccc(NC(N)=NCCN2CCN(c3ccc(F)cc3)CC2)cc1.I. The number of piperazine rings is 1. The molecule has 0 bridgehead atoms. The number of nitrogens with two attached hydrogens (primary N) is 1. The quantitative estimate of drug-likeness (QED) is 0.326. The molecule has 0 amide bonds. The van der Waals surface area contributed by atoms with Crippen LogP contribution in [0, 0.1) is 5.82 Å². The lowest BCUT2D eigenvalue weighted by molar-refractivity contribution is 0.242. The minimum atomic E-state index is -0.198. The molecule has 2 aromatic rings. The van der Waals surface area contributed by atoms with Crippen LogP contribution in [0.25, 0.3) is 0 Å². The summed E-state index contributed by atoms with van der Waals surface area (Å²) < 4.78 is 18.7. The second kappa shape index (κ2) is 11.9. The molecule has 30 heavy (non-hydrogen) atoms. The Kier molecular flexibility index (Phi) is 9.64. The Hall–Kier alpha value is -2.07. The van der Waals surface area contributed by atoms with Crippen molar-refractivity contribution in [2.75, 3.05) is 49.5 Å². The minimum Gasteiger partial charge on any atom is -0.491 e. The van der Waals surface area contributed by atoms with Gasteiger partial charge in [0.15, 0.2) is 5.96 Å². The van der Waals surface area contributed by atoms with Crippen molar-refractivity contribution in [1.29, 1.82) is 0 Å². The smallest absolute Gasteiger partial charge is 0.193 e. The molecule has 0 unspecified atom stereocenters. The Morgan fingerprint density at radius 2 is 1.70 bits per heavy atom. The van der Waals surface area contributed by atoms with Gasteiger partial charge in [0.25, 0.3) is 0 Å². The molecule has 6 nitrogen and oxygen atoms in total. The Morgan fingerprint density at radius 3 is 2.30 bits per heavy atom. The van der Waals surface area contributed by atoms with Gasteiger partial charge in [0.05, 0.1) is 12.6 Å². The highest BCUT2D eigenvalue weighted by atomic mass is 127. The van der Waals surface area contributed by atoms with Gasteiger partial charge in [-0.05, 0) is 62.4 Å². The molecule has 8 heteroatoms. The van der Waals surface area contributed by atoms with Crippen molar-refractivity contribution in [3.63, 3.8) is 0 Å². The monoisotopic (exact) mass is 527 g/mol. The minimum absolute atomic E-state index is 0. The van der Waals surface area contributed by atoms with Crippen LogP contribution in [0.2, 0.25) is 0 Å². The van der Waals surface area contributed by atoms with E-state index < -0.39 is 0 Å². The molecule has 1 aliphatic rings. The van der Waals surface area contributed by atoms with Crippen LogP contribution in [0.3, 0.4) is 0 Å². The van der Waals surface area contributed by atoms with E-state index in [-0.39, 0.29) is 35.9 Å². The van der Waals surface area contributed by atoms with E-state index in [9.17, 15) is 4.39 Å². The van der Waals surface area contributed by atoms with Gasteiger partial charge < -0.3 is 20.7 Å². The van der Waals surface area contributed by atoms with Crippen LogP contribution < -0.4 is 20.7 Å². The molecule has 3 N–H and O–H groups in total. The molecule has 164 valence electrons. The topological polar surface area (TPSA) is 66.1 Å². The van der Waals surface area contributed by atoms with E-state index in [0.29, 0.717) is 12.5 Å². The number of guanidine groups is 1. The molecule has 0 aliphatic carbocycles. The van der Waals surface area contributed by atoms with Gasteiger partial charge in [-0.2, -0.15) is 0 Å². The first-order valence-electron chi connectivity index (χ1n) is 10.1. The fraction of sp³-hybridized carbons (Fsp3) is 0.409. The zero-order valence-electron chi connectivity index (χ0n) is 17.6. The summed E-state index contributed by atoms with van der Waals surface area (Å²) >= 11 is 0. The molecule has 1 aliphatic heterocycles. The lowest BCUT2D eigenvalue weighted by atomic mass is 10.2. The molecular weight excluding hydrogens is 496 g/mol. The number of halogens is 2. The van der Waals surface area contributed by atoms with Gasteiger partial charge >= 0.3 is 0 Å². The molecule has 3 rings (SSSR count). The first-order valence-corrected chi connectivity index (χ1v) is 10.1. The third-order valence-electron chi connectivity index (χ3n) is 4.76. The first-order chi connectivity index (χ1) is 14.0. The number of hydrogen-bond donors (Lipinski definition) is 2. The van der Waals surface area contributed by atoms with E-state index in [4.69, 9.17) is 10.5 Å². The maximum atomic E-state index is 13.1. The number of rotatable bonds is 7. The summed E-state index contributed by atoms with van der Waals surface area (Å²) in [6.45, 7) is 9.26. The molecule has 1 fully saturated rings. The zero-order chi connectivity index (χ0) is 20.6. The van der Waals surface area contributed by atoms with Crippen LogP contribution >= 0.6 is 24.0 Å². The number of nitrogens with zero attached hydrogens (tertiary/aromatic N) is 3. The second-order valence-electron chi connectivity index (χ2n) is 7.39. The molecular formula is C22H31FIN5O. The molecule has 0 atom stereocenters. The average molecular weight is 527 g/mol. The normalized spacial score (nSPS) is 15.1. The Labute approximate surface area is 195 Å². The van der Waals surface area contributed by atoms with Crippen LogP contribution in [0.4, 0.5) is 15.8 Å². The second-order valence-corrected chi connectivity index (χ2v) is 7.39. The first kappa shape index (κ1) is 24.2. The van der Waals surface area contributed by atoms with Gasteiger partial charge in [0.2, 0.25) is 0 Å². The van der Waals surface area contributed by atoms with Crippen molar-refractivity contribution in [2.45, 2.75) is 20.0 Å². The number of ether oxygens (including phenoxy) is 1. The maximum Gasteiger partial charge on any atom is 0.193 e. The summed E-state index contributed by atoms with van der Waals surface area (Å²) in [5.41, 5.74) is 7.96. The maximum absolute atomic E-state index is 13.1. The van der Waals surface area contributed by atoms with E-state index >= 15 is 0 Å². The predicted molar refractivity (Wildman–Crippen MR) is 133 cm³/mol. The van der Waals surface area contributed by atoms with Crippen molar-refractivity contribution in [3.05, 3.63) is 54.3 Å². The largest absolute Gasteiger partial charge is 0.491 e. The summed E-state index contributed by atoms with van der Waals surface area (Å²) in [4.78, 5) is 9.08. The van der Waals surface area contributed by atoms with E-state index in [0.717, 1.165) is 49.8 Å². The van der Waals surface area contributed by atoms with E-state index in [1.807, 2.05) is 50.2 Å². The predicted octanol–water partition coefficient (Wildman–Crippen LogP) is 3.78. The van der Waals surface area contributed by atoms with Gasteiger partial charge in [0.1, 0.15) is 11.6 Å². The Balaban J connectivity index is 0.00000320. The van der Waals surface area contributed by atoms with Crippen LogP contribution in [0.1, 0.15) is 13.8 Å². The van der Waals surface area contributed by atoms with E-state index in [2.05, 4.69) is 20.1 Å². The van der Waals surface area contributed by atoms with Crippen LogP contribution in [0.5, 0.6) is 5.75 Å². The van der Waals surface area contributed by atoms with Gasteiger partial charge in [-0.1, -0.05) is 0 Å². The highest BCUT2D eigenvalue weighted by molar-refractivity contribution is 14.0. The van der Waals surface area contributed by atoms with Crippen molar-refractivity contribution >= 4 is 41.3 Å². The Morgan fingerprint density at radius 1 is 1.07 bits per heavy atom. The fourth-order valence-electron chi connectivity index (χ4n) is 3.27. The van der Waals surface area contributed by atoms with Crippen LogP contribution in [-0.4, -0.2) is 56.2 Å². The third-order valence-corrected chi connectivity index (χ3v) is 4.76. The van der Waals surface area contributed by atoms with Gasteiger partial charge in [-0.25, -0.2) is 4.39 Å². The van der Waals surface area contributed by atoms with Gasteiger partial charge in [-0.3, -0.25) is 9.89 Å². The molecule has 0 aromatic heterocycles. The van der Waals surface area contributed by atoms with Crippen molar-refractivity contribution < 1.29 is 9.13 Å². The van der Waals surface area contributed by atoms with Crippen molar-refractivity contribution in [1.82, 2.24) is 4.90 Å². The summed E-state index contributed by atoms with van der Waals surface area (Å²) in [6, 6.07) is 14.4. The highest BCUT2D eigenvalue weighted by Gasteiger charge is 2.16. The molecule has 2 aromatic carbocycles. The van der Waals surface area contributed by atoms with Gasteiger partial charge in [-0.15, -0.1) is 24.0 Å². The molecule has 0 radical (unpaired) electrons. The summed E-state index contributed by atoms with van der Waals surface area (Å²) in [5.74, 6) is 1.05.